The number of H-pyrrole nitrogens is 1. The summed E-state index contributed by atoms with van der Waals surface area (Å²) in [4.78, 5) is 8.62. The number of piperazine rings is 1. The van der Waals surface area contributed by atoms with E-state index in [-0.39, 0.29) is 0 Å². The second-order valence-electron chi connectivity index (χ2n) is 7.55. The van der Waals surface area contributed by atoms with Crippen molar-refractivity contribution < 1.29 is 0 Å². The quantitative estimate of drug-likeness (QED) is 0.790. The minimum atomic E-state index is 0.802. The molecule has 0 radical (unpaired) electrons. The molecule has 0 saturated carbocycles. The van der Waals surface area contributed by atoms with Gasteiger partial charge in [0.1, 0.15) is 0 Å². The van der Waals surface area contributed by atoms with Gasteiger partial charge < -0.3 is 9.88 Å². The molecular weight excluding hydrogens is 306 g/mol. The summed E-state index contributed by atoms with van der Waals surface area (Å²) in [5, 5.41) is 1.31. The van der Waals surface area contributed by atoms with Crippen LogP contribution in [0.25, 0.3) is 10.9 Å². The molecule has 1 aromatic heterocycles. The van der Waals surface area contributed by atoms with E-state index < -0.39 is 0 Å². The first-order valence-corrected chi connectivity index (χ1v) is 9.47. The third-order valence-electron chi connectivity index (χ3n) is 5.93. The molecule has 0 unspecified atom stereocenters. The normalized spacial score (nSPS) is 18.8. The Bertz CT molecular complexity index is 849. The lowest BCUT2D eigenvalue weighted by Gasteiger charge is -2.37. The zero-order valence-electron chi connectivity index (χ0n) is 14.6. The van der Waals surface area contributed by atoms with E-state index in [2.05, 4.69) is 63.3 Å². The van der Waals surface area contributed by atoms with Crippen LogP contribution in [-0.4, -0.2) is 42.6 Å². The summed E-state index contributed by atoms with van der Waals surface area (Å²) in [6, 6.07) is 17.8. The zero-order chi connectivity index (χ0) is 16.6. The van der Waals surface area contributed by atoms with Gasteiger partial charge in [-0.2, -0.15) is 0 Å². The van der Waals surface area contributed by atoms with Gasteiger partial charge in [-0.1, -0.05) is 36.4 Å². The third kappa shape index (κ3) is 2.83. The topological polar surface area (TPSA) is 22.3 Å². The number of hydrogen-bond donors (Lipinski definition) is 1. The van der Waals surface area contributed by atoms with E-state index in [9.17, 15) is 0 Å². The van der Waals surface area contributed by atoms with Crippen molar-refractivity contribution in [1.29, 1.82) is 0 Å². The molecule has 2 aromatic carbocycles. The Morgan fingerprint density at radius 1 is 0.840 bits per heavy atom. The van der Waals surface area contributed by atoms with Crippen molar-refractivity contribution in [2.75, 3.05) is 37.6 Å². The second-order valence-corrected chi connectivity index (χ2v) is 7.55. The first kappa shape index (κ1) is 15.0. The molecule has 1 aliphatic carbocycles. The van der Waals surface area contributed by atoms with Gasteiger partial charge in [-0.05, 0) is 42.0 Å². The fraction of sp³-hybridized carbons (Fsp3) is 0.364. The molecule has 0 atom stereocenters. The largest absolute Gasteiger partial charge is 0.367 e. The Hall–Kier alpha value is -2.26. The monoisotopic (exact) mass is 331 g/mol. The van der Waals surface area contributed by atoms with E-state index in [0.717, 1.165) is 19.0 Å². The van der Waals surface area contributed by atoms with Crippen LogP contribution in [0.5, 0.6) is 0 Å². The Morgan fingerprint density at radius 2 is 1.60 bits per heavy atom. The summed E-state index contributed by atoms with van der Waals surface area (Å²) < 4.78 is 0. The number of anilines is 1. The smallest absolute Gasteiger partial charge is 0.0691 e. The van der Waals surface area contributed by atoms with Gasteiger partial charge in [0.15, 0.2) is 0 Å². The molecule has 3 nitrogen and oxygen atoms in total. The Morgan fingerprint density at radius 3 is 2.36 bits per heavy atom. The molecule has 1 fully saturated rings. The highest BCUT2D eigenvalue weighted by Crippen LogP contribution is 2.29. The van der Waals surface area contributed by atoms with Gasteiger partial charge in [-0.3, -0.25) is 4.90 Å². The maximum atomic E-state index is 3.41. The fourth-order valence-corrected chi connectivity index (χ4v) is 4.65. The molecule has 1 aliphatic heterocycles. The van der Waals surface area contributed by atoms with Crippen LogP contribution >= 0.6 is 0 Å². The highest BCUT2D eigenvalue weighted by molar-refractivity contribution is 5.91. The van der Waals surface area contributed by atoms with Crippen LogP contribution in [-0.2, 0) is 12.8 Å². The number of fused-ring (bicyclic) bond motifs is 2. The van der Waals surface area contributed by atoms with Crippen molar-refractivity contribution in [1.82, 2.24) is 9.88 Å². The van der Waals surface area contributed by atoms with E-state index >= 15 is 0 Å². The minimum absolute atomic E-state index is 0.802. The summed E-state index contributed by atoms with van der Waals surface area (Å²) >= 11 is 0. The van der Waals surface area contributed by atoms with E-state index in [0.29, 0.717) is 0 Å². The molecule has 0 amide bonds. The molecule has 3 aromatic rings. The van der Waals surface area contributed by atoms with Gasteiger partial charge in [0.05, 0.1) is 11.2 Å². The average Bonchev–Trinajstić information content (AvgIpc) is 3.28. The van der Waals surface area contributed by atoms with E-state index in [1.807, 2.05) is 6.20 Å². The van der Waals surface area contributed by atoms with Crippen molar-refractivity contribution in [3.63, 3.8) is 0 Å². The van der Waals surface area contributed by atoms with Crippen LogP contribution in [0.3, 0.4) is 0 Å². The highest BCUT2D eigenvalue weighted by Gasteiger charge is 2.25. The van der Waals surface area contributed by atoms with Crippen LogP contribution in [0.15, 0.2) is 54.7 Å². The van der Waals surface area contributed by atoms with Crippen molar-refractivity contribution >= 4 is 16.6 Å². The van der Waals surface area contributed by atoms with E-state index in [1.54, 1.807) is 11.1 Å². The molecule has 0 spiro atoms. The van der Waals surface area contributed by atoms with Crippen LogP contribution in [0, 0.1) is 5.92 Å². The molecule has 1 N–H and O–H groups in total. The van der Waals surface area contributed by atoms with Crippen molar-refractivity contribution in [2.24, 2.45) is 5.92 Å². The van der Waals surface area contributed by atoms with Crippen LogP contribution in [0.4, 0.5) is 5.69 Å². The molecule has 5 rings (SSSR count). The second kappa shape index (κ2) is 6.23. The number of aromatic amines is 1. The van der Waals surface area contributed by atoms with E-state index in [1.165, 1.54) is 49.1 Å². The first-order valence-electron chi connectivity index (χ1n) is 9.47. The number of benzene rings is 2. The summed E-state index contributed by atoms with van der Waals surface area (Å²) in [6.07, 6.45) is 4.57. The number of para-hydroxylation sites is 1. The summed E-state index contributed by atoms with van der Waals surface area (Å²) in [6.45, 7) is 5.83. The lowest BCUT2D eigenvalue weighted by atomic mass is 10.1. The predicted molar refractivity (Wildman–Crippen MR) is 104 cm³/mol. The molecule has 1 saturated heterocycles. The molecular formula is C22H25N3. The van der Waals surface area contributed by atoms with Gasteiger partial charge in [-0.15, -0.1) is 0 Å². The average molecular weight is 331 g/mol. The van der Waals surface area contributed by atoms with Crippen LogP contribution < -0.4 is 4.90 Å². The fourth-order valence-electron chi connectivity index (χ4n) is 4.65. The first-order chi connectivity index (χ1) is 12.4. The number of nitrogens with zero attached hydrogens (tertiary/aromatic N) is 2. The number of hydrogen-bond acceptors (Lipinski definition) is 2. The van der Waals surface area contributed by atoms with Crippen LogP contribution in [0.2, 0.25) is 0 Å². The third-order valence-corrected chi connectivity index (χ3v) is 5.93. The highest BCUT2D eigenvalue weighted by atomic mass is 15.3. The Labute approximate surface area is 149 Å². The van der Waals surface area contributed by atoms with Gasteiger partial charge in [-0.25, -0.2) is 0 Å². The van der Waals surface area contributed by atoms with Gasteiger partial charge in [0.2, 0.25) is 0 Å². The molecule has 0 bridgehead atoms. The number of nitrogens with one attached hydrogen (secondary N) is 1. The molecule has 3 heteroatoms. The Kier molecular flexibility index (Phi) is 3.75. The minimum Gasteiger partial charge on any atom is -0.367 e. The van der Waals surface area contributed by atoms with Gasteiger partial charge in [0.25, 0.3) is 0 Å². The maximum absolute atomic E-state index is 3.41. The lowest BCUT2D eigenvalue weighted by molar-refractivity contribution is 0.221. The number of aromatic nitrogens is 1. The molecule has 2 aliphatic rings. The van der Waals surface area contributed by atoms with Crippen molar-refractivity contribution in [3.8, 4) is 0 Å². The van der Waals surface area contributed by atoms with E-state index in [4.69, 9.17) is 0 Å². The van der Waals surface area contributed by atoms with Crippen LogP contribution in [0.1, 0.15) is 11.1 Å². The van der Waals surface area contributed by atoms with Crippen molar-refractivity contribution in [3.05, 3.63) is 65.9 Å². The molecule has 2 heterocycles. The zero-order valence-corrected chi connectivity index (χ0v) is 14.6. The summed E-state index contributed by atoms with van der Waals surface area (Å²) in [5.41, 5.74) is 5.78. The Balaban J connectivity index is 1.22. The number of rotatable bonds is 3. The molecule has 25 heavy (non-hydrogen) atoms. The summed E-state index contributed by atoms with van der Waals surface area (Å²) in [5.74, 6) is 0.802. The predicted octanol–water partition coefficient (Wildman–Crippen LogP) is 3.70. The van der Waals surface area contributed by atoms with Gasteiger partial charge >= 0.3 is 0 Å². The summed E-state index contributed by atoms with van der Waals surface area (Å²) in [7, 11) is 0. The molecule has 128 valence electrons. The standard InChI is InChI=1S/C22H25N3/c1-2-5-20-15-17(14-19(20)4-1)16-24-10-12-25(13-11-24)21-7-3-6-18-8-9-23-22(18)21/h1-9,17,23H,10-16H2. The van der Waals surface area contributed by atoms with Crippen molar-refractivity contribution in [2.45, 2.75) is 12.8 Å². The lowest BCUT2D eigenvalue weighted by Crippen LogP contribution is -2.48. The van der Waals surface area contributed by atoms with Gasteiger partial charge in [0, 0.05) is 44.3 Å². The SMILES string of the molecule is c1ccc2c(c1)CC(CN1CCN(c3cccc4cc[nH]c34)CC1)C2. The maximum Gasteiger partial charge on any atom is 0.0691 e.